The molecular formula is C29H38N4O2. The van der Waals surface area contributed by atoms with Crippen molar-refractivity contribution < 1.29 is 9.59 Å². The molecule has 0 amide bonds. The number of carbonyl (C=O) groups excluding carboxylic acids is 2. The number of aryl methyl sites for hydroxylation is 1. The lowest BCUT2D eigenvalue weighted by atomic mass is 9.84. The summed E-state index contributed by atoms with van der Waals surface area (Å²) in [6, 6.07) is 4.88. The van der Waals surface area contributed by atoms with Crippen LogP contribution < -0.4 is 10.6 Å². The highest BCUT2D eigenvalue weighted by molar-refractivity contribution is 6.01. The van der Waals surface area contributed by atoms with Crippen LogP contribution in [0.3, 0.4) is 0 Å². The summed E-state index contributed by atoms with van der Waals surface area (Å²) >= 11 is 0. The van der Waals surface area contributed by atoms with Gasteiger partial charge < -0.3 is 10.6 Å². The molecule has 6 heteroatoms. The zero-order chi connectivity index (χ0) is 25.3. The summed E-state index contributed by atoms with van der Waals surface area (Å²) in [6.07, 6.45) is 12.6. The first-order chi connectivity index (χ1) is 16.6. The molecule has 1 fully saturated rings. The van der Waals surface area contributed by atoms with Gasteiger partial charge in [0.2, 0.25) is 0 Å². The van der Waals surface area contributed by atoms with Gasteiger partial charge >= 0.3 is 0 Å². The first kappa shape index (κ1) is 25.1. The molecule has 2 aromatic rings. The number of hydrogen-bond donors (Lipinski definition) is 1. The molecule has 1 unspecified atom stereocenters. The maximum Gasteiger partial charge on any atom is 0.163 e. The average molecular weight is 475 g/mol. The smallest absolute Gasteiger partial charge is 0.163 e. The Kier molecular flexibility index (Phi) is 7.41. The topological polar surface area (TPSA) is 81.2 Å². The lowest BCUT2D eigenvalue weighted by molar-refractivity contribution is -0.117. The molecule has 35 heavy (non-hydrogen) atoms. The molecule has 2 aliphatic rings. The molecule has 0 saturated heterocycles. The molecule has 0 spiro atoms. The Bertz CT molecular complexity index is 1180. The Morgan fingerprint density at radius 2 is 1.83 bits per heavy atom. The van der Waals surface area contributed by atoms with Crippen molar-refractivity contribution in [2.24, 2.45) is 18.7 Å². The highest BCUT2D eigenvalue weighted by Gasteiger charge is 2.27. The van der Waals surface area contributed by atoms with E-state index >= 15 is 0 Å². The van der Waals surface area contributed by atoms with Gasteiger partial charge in [0.05, 0.1) is 6.20 Å². The van der Waals surface area contributed by atoms with Gasteiger partial charge in [-0.3, -0.25) is 14.3 Å². The second kappa shape index (κ2) is 10.3. The number of allylic oxidation sites excluding steroid dienone is 4. The van der Waals surface area contributed by atoms with Crippen LogP contribution in [0.1, 0.15) is 68.3 Å². The van der Waals surface area contributed by atoms with E-state index in [-0.39, 0.29) is 17.5 Å². The largest absolute Gasteiger partial charge is 0.371 e. The SMILES string of the molecule is CC1=CC(=O)C(CCC(=O)c2cc(-c3cnn(C)c3)cc(N(C)C3CCC(N)CC3)c2C)C(C)=C1. The molecule has 186 valence electrons. The van der Waals surface area contributed by atoms with E-state index in [2.05, 4.69) is 23.1 Å². The fourth-order valence-electron chi connectivity index (χ4n) is 5.61. The number of carbonyl (C=O) groups is 2. The fraction of sp³-hybridized carbons (Fsp3) is 0.483. The molecule has 4 rings (SSSR count). The maximum atomic E-state index is 13.6. The molecule has 0 radical (unpaired) electrons. The molecule has 6 nitrogen and oxygen atoms in total. The Morgan fingerprint density at radius 3 is 2.46 bits per heavy atom. The van der Waals surface area contributed by atoms with Crippen LogP contribution in [0.15, 0.2) is 47.8 Å². The third-order valence-electron chi connectivity index (χ3n) is 7.77. The van der Waals surface area contributed by atoms with Crippen LogP contribution >= 0.6 is 0 Å². The van der Waals surface area contributed by atoms with E-state index in [4.69, 9.17) is 5.73 Å². The average Bonchev–Trinajstić information content (AvgIpc) is 3.24. The van der Waals surface area contributed by atoms with Gasteiger partial charge in [-0.25, -0.2) is 0 Å². The number of hydrogen-bond acceptors (Lipinski definition) is 5. The van der Waals surface area contributed by atoms with Gasteiger partial charge in [-0.15, -0.1) is 0 Å². The number of ketones is 2. The van der Waals surface area contributed by atoms with Crippen molar-refractivity contribution in [2.75, 3.05) is 11.9 Å². The molecule has 1 aromatic carbocycles. The number of Topliss-reactive ketones (excluding diaryl/α,β-unsaturated/α-hetero) is 1. The zero-order valence-corrected chi connectivity index (χ0v) is 21.7. The third kappa shape index (κ3) is 5.48. The van der Waals surface area contributed by atoms with Gasteiger partial charge in [0, 0.05) is 61.5 Å². The number of anilines is 1. The molecule has 2 N–H and O–H groups in total. The normalized spacial score (nSPS) is 22.6. The predicted molar refractivity (Wildman–Crippen MR) is 142 cm³/mol. The molecular weight excluding hydrogens is 436 g/mol. The van der Waals surface area contributed by atoms with Gasteiger partial charge in [-0.2, -0.15) is 5.10 Å². The van der Waals surface area contributed by atoms with Crippen molar-refractivity contribution in [2.45, 2.75) is 71.4 Å². The van der Waals surface area contributed by atoms with Gasteiger partial charge in [-0.05, 0) is 87.8 Å². The number of aromatic nitrogens is 2. The molecule has 1 heterocycles. The highest BCUT2D eigenvalue weighted by Crippen LogP contribution is 2.35. The van der Waals surface area contributed by atoms with Crippen molar-refractivity contribution in [3.05, 3.63) is 59.0 Å². The van der Waals surface area contributed by atoms with Crippen molar-refractivity contribution in [1.29, 1.82) is 0 Å². The molecule has 2 aliphatic carbocycles. The predicted octanol–water partition coefficient (Wildman–Crippen LogP) is 5.16. The van der Waals surface area contributed by atoms with Gasteiger partial charge in [-0.1, -0.05) is 11.6 Å². The van der Waals surface area contributed by atoms with Crippen LogP contribution in [-0.4, -0.2) is 40.5 Å². The second-order valence-electron chi connectivity index (χ2n) is 10.4. The maximum absolute atomic E-state index is 13.6. The van der Waals surface area contributed by atoms with Crippen molar-refractivity contribution in [3.63, 3.8) is 0 Å². The highest BCUT2D eigenvalue weighted by atomic mass is 16.1. The monoisotopic (exact) mass is 474 g/mol. The summed E-state index contributed by atoms with van der Waals surface area (Å²) in [6.45, 7) is 5.97. The van der Waals surface area contributed by atoms with Crippen molar-refractivity contribution in [3.8, 4) is 11.1 Å². The second-order valence-corrected chi connectivity index (χ2v) is 10.4. The summed E-state index contributed by atoms with van der Waals surface area (Å²) < 4.78 is 1.78. The Morgan fingerprint density at radius 1 is 1.11 bits per heavy atom. The minimum Gasteiger partial charge on any atom is -0.371 e. The Hall–Kier alpha value is -2.99. The standard InChI is InChI=1S/C29H38N4O2/c1-18-12-19(2)25(29(35)13-18)10-11-28(34)26-14-21(22-16-31-32(4)17-22)15-27(20(26)3)33(5)24-8-6-23(30)7-9-24/h12-17,23-25H,6-11,30H2,1-5H3. The summed E-state index contributed by atoms with van der Waals surface area (Å²) in [4.78, 5) is 28.5. The fourth-order valence-corrected chi connectivity index (χ4v) is 5.61. The van der Waals surface area contributed by atoms with Gasteiger partial charge in [0.1, 0.15) is 0 Å². The van der Waals surface area contributed by atoms with E-state index in [1.165, 1.54) is 0 Å². The quantitative estimate of drug-likeness (QED) is 0.561. The van der Waals surface area contributed by atoms with Crippen LogP contribution in [0.5, 0.6) is 0 Å². The van der Waals surface area contributed by atoms with E-state index in [0.717, 1.165) is 64.8 Å². The van der Waals surface area contributed by atoms with Crippen molar-refractivity contribution in [1.82, 2.24) is 9.78 Å². The first-order valence-electron chi connectivity index (χ1n) is 12.7. The van der Waals surface area contributed by atoms with E-state index in [1.54, 1.807) is 10.8 Å². The van der Waals surface area contributed by atoms with Gasteiger partial charge in [0.25, 0.3) is 0 Å². The molecule has 1 atom stereocenters. The molecule has 0 aliphatic heterocycles. The van der Waals surface area contributed by atoms with E-state index in [0.29, 0.717) is 24.9 Å². The lowest BCUT2D eigenvalue weighted by Gasteiger charge is -2.36. The minimum absolute atomic E-state index is 0.0837. The summed E-state index contributed by atoms with van der Waals surface area (Å²) in [7, 11) is 4.03. The van der Waals surface area contributed by atoms with Crippen molar-refractivity contribution >= 4 is 17.3 Å². The molecule has 1 aromatic heterocycles. The summed E-state index contributed by atoms with van der Waals surface area (Å²) in [5.74, 6) is -0.0226. The van der Waals surface area contributed by atoms with Crippen LogP contribution in [0.25, 0.3) is 11.1 Å². The van der Waals surface area contributed by atoms with E-state index in [1.807, 2.05) is 52.4 Å². The Balaban J connectivity index is 1.63. The number of nitrogens with zero attached hydrogens (tertiary/aromatic N) is 3. The number of rotatable bonds is 7. The molecule has 0 bridgehead atoms. The third-order valence-corrected chi connectivity index (χ3v) is 7.77. The van der Waals surface area contributed by atoms with Crippen LogP contribution in [0.2, 0.25) is 0 Å². The summed E-state index contributed by atoms with van der Waals surface area (Å²) in [5, 5.41) is 4.34. The van der Waals surface area contributed by atoms with Crippen LogP contribution in [0.4, 0.5) is 5.69 Å². The first-order valence-corrected chi connectivity index (χ1v) is 12.7. The van der Waals surface area contributed by atoms with Gasteiger partial charge in [0.15, 0.2) is 11.6 Å². The van der Waals surface area contributed by atoms with E-state index in [9.17, 15) is 9.59 Å². The van der Waals surface area contributed by atoms with Crippen LogP contribution in [-0.2, 0) is 11.8 Å². The van der Waals surface area contributed by atoms with Crippen LogP contribution in [0, 0.1) is 12.8 Å². The summed E-state index contributed by atoms with van der Waals surface area (Å²) in [5.41, 5.74) is 13.0. The number of benzene rings is 1. The lowest BCUT2D eigenvalue weighted by Crippen LogP contribution is -2.39. The minimum atomic E-state index is -0.210. The zero-order valence-electron chi connectivity index (χ0n) is 21.7. The number of nitrogens with two attached hydrogens (primary N) is 1. The Labute approximate surface area is 208 Å². The molecule has 1 saturated carbocycles. The van der Waals surface area contributed by atoms with E-state index < -0.39 is 0 Å².